The molecule has 0 N–H and O–H groups in total. The van der Waals surface area contributed by atoms with Gasteiger partial charge >= 0.3 is 63.4 Å². The monoisotopic (exact) mass is 323 g/mol. The fourth-order valence-corrected chi connectivity index (χ4v) is 1.48. The van der Waals surface area contributed by atoms with Crippen LogP contribution in [0.5, 0.6) is 0 Å². The van der Waals surface area contributed by atoms with E-state index in [2.05, 4.69) is 5.63 Å². The van der Waals surface area contributed by atoms with Gasteiger partial charge in [0.1, 0.15) is 0 Å². The van der Waals surface area contributed by atoms with Gasteiger partial charge < -0.3 is 0 Å². The third-order valence-electron chi connectivity index (χ3n) is 0.610. The summed E-state index contributed by atoms with van der Waals surface area (Å²) >= 11 is -1.71. The number of hydrogen-bond acceptors (Lipinski definition) is 4. The number of hydrogen-bond donors (Lipinski definition) is 0. The average molecular weight is 323 g/mol. The van der Waals surface area contributed by atoms with Gasteiger partial charge in [0.15, 0.2) is 0 Å². The van der Waals surface area contributed by atoms with Gasteiger partial charge in [0.05, 0.1) is 0 Å². The molecular weight excluding hydrogens is 321 g/mol. The molecule has 0 saturated carbocycles. The van der Waals surface area contributed by atoms with E-state index in [-0.39, 0.29) is 0 Å². The predicted molar refractivity (Wildman–Crippen MR) is 27.1 cm³/mol. The summed E-state index contributed by atoms with van der Waals surface area (Å²) in [5, 5.41) is 0. The summed E-state index contributed by atoms with van der Waals surface area (Å²) in [6.07, 6.45) is 2.14. The topological polar surface area (TPSA) is 52.6 Å². The van der Waals surface area contributed by atoms with E-state index in [1.165, 1.54) is 0 Å². The second-order valence-electron chi connectivity index (χ2n) is 1.23. The van der Waals surface area contributed by atoms with Crippen LogP contribution in [0, 0.1) is 0 Å². The SMILES string of the molecule is O=C1C=CC(=O)[O][Bi][O]1. The zero-order valence-corrected chi connectivity index (χ0v) is 7.71. The van der Waals surface area contributed by atoms with Gasteiger partial charge in [0.25, 0.3) is 0 Å². The van der Waals surface area contributed by atoms with Gasteiger partial charge in [-0.05, 0) is 0 Å². The predicted octanol–water partition coefficient (Wildman–Crippen LogP) is -0.823. The number of rotatable bonds is 0. The summed E-state index contributed by atoms with van der Waals surface area (Å²) in [5.74, 6) is -0.949. The van der Waals surface area contributed by atoms with Crippen molar-refractivity contribution in [1.82, 2.24) is 0 Å². The van der Waals surface area contributed by atoms with Crippen LogP contribution in [-0.4, -0.2) is 36.1 Å². The summed E-state index contributed by atoms with van der Waals surface area (Å²) < 4.78 is 8.97. The summed E-state index contributed by atoms with van der Waals surface area (Å²) in [6.45, 7) is 0. The van der Waals surface area contributed by atoms with Crippen LogP contribution in [0.4, 0.5) is 0 Å². The van der Waals surface area contributed by atoms with Gasteiger partial charge in [-0.3, -0.25) is 0 Å². The fourth-order valence-electron chi connectivity index (χ4n) is 0.289. The van der Waals surface area contributed by atoms with Crippen molar-refractivity contribution >= 4 is 36.1 Å². The summed E-state index contributed by atoms with van der Waals surface area (Å²) in [6, 6.07) is 0. The van der Waals surface area contributed by atoms with Crippen molar-refractivity contribution in [2.24, 2.45) is 0 Å². The molecule has 4 nitrogen and oxygen atoms in total. The molecule has 0 unspecified atom stereocenters. The zero-order chi connectivity index (χ0) is 6.69. The molecule has 0 spiro atoms. The molecule has 1 heterocycles. The Morgan fingerprint density at radius 1 is 1.11 bits per heavy atom. The van der Waals surface area contributed by atoms with Gasteiger partial charge in [-0.25, -0.2) is 0 Å². The Labute approximate surface area is 63.6 Å². The zero-order valence-electron chi connectivity index (χ0n) is 4.23. The molecule has 0 aromatic carbocycles. The molecule has 0 amide bonds. The van der Waals surface area contributed by atoms with Crippen LogP contribution in [0.25, 0.3) is 0 Å². The second kappa shape index (κ2) is 2.92. The van der Waals surface area contributed by atoms with E-state index >= 15 is 0 Å². The molecule has 9 heavy (non-hydrogen) atoms. The molecule has 0 fully saturated rings. The molecule has 0 aliphatic carbocycles. The first kappa shape index (κ1) is 6.68. The van der Waals surface area contributed by atoms with E-state index < -0.39 is 36.1 Å². The van der Waals surface area contributed by atoms with E-state index in [9.17, 15) is 9.59 Å². The first-order chi connectivity index (χ1) is 4.29. The third kappa shape index (κ3) is 2.10. The Morgan fingerprint density at radius 3 is 2.00 bits per heavy atom. The Balaban J connectivity index is 2.63. The van der Waals surface area contributed by atoms with Gasteiger partial charge in [0.2, 0.25) is 0 Å². The maximum absolute atomic E-state index is 10.3. The fraction of sp³-hybridized carbons (Fsp3) is 0. The van der Waals surface area contributed by atoms with E-state index in [1.54, 1.807) is 0 Å². The molecule has 0 aromatic heterocycles. The maximum atomic E-state index is 10.3. The van der Waals surface area contributed by atoms with E-state index in [0.717, 1.165) is 12.2 Å². The number of carbonyl (C=O) groups excluding carboxylic acids is 2. The van der Waals surface area contributed by atoms with Gasteiger partial charge in [-0.2, -0.15) is 0 Å². The Hall–Kier alpha value is -0.437. The van der Waals surface area contributed by atoms with Gasteiger partial charge in [-0.1, -0.05) is 0 Å². The van der Waals surface area contributed by atoms with Gasteiger partial charge in [0, 0.05) is 0 Å². The van der Waals surface area contributed by atoms with E-state index in [1.807, 2.05) is 0 Å². The summed E-state index contributed by atoms with van der Waals surface area (Å²) in [4.78, 5) is 20.7. The standard InChI is InChI=1S/C4H4O4.Bi/c5-3(6)1-2-4(7)8;/h1-2H,(H,5,6)(H,7,8);/q;+2/p-2. The van der Waals surface area contributed by atoms with Crippen molar-refractivity contribution < 1.29 is 15.2 Å². The molecule has 0 aromatic rings. The number of carbonyl (C=O) groups is 2. The van der Waals surface area contributed by atoms with Crippen LogP contribution in [0.3, 0.4) is 0 Å². The van der Waals surface area contributed by atoms with Crippen molar-refractivity contribution in [2.75, 3.05) is 0 Å². The molecule has 47 valence electrons. The van der Waals surface area contributed by atoms with Crippen molar-refractivity contribution in [3.05, 3.63) is 12.2 Å². The molecule has 1 aliphatic heterocycles. The minimum atomic E-state index is -1.71. The minimum absolute atomic E-state index is 0.475. The molecule has 0 saturated heterocycles. The quantitative estimate of drug-likeness (QED) is 0.547. The van der Waals surface area contributed by atoms with Crippen LogP contribution < -0.4 is 0 Å². The van der Waals surface area contributed by atoms with Crippen molar-refractivity contribution in [3.8, 4) is 0 Å². The molecule has 5 heteroatoms. The first-order valence-corrected chi connectivity index (χ1v) is 4.93. The Morgan fingerprint density at radius 2 is 1.56 bits per heavy atom. The van der Waals surface area contributed by atoms with Crippen molar-refractivity contribution in [1.29, 1.82) is 0 Å². The van der Waals surface area contributed by atoms with Crippen LogP contribution in [0.2, 0.25) is 0 Å². The Kier molecular flexibility index (Phi) is 2.17. The van der Waals surface area contributed by atoms with Crippen molar-refractivity contribution in [2.45, 2.75) is 0 Å². The first-order valence-electron chi connectivity index (χ1n) is 2.09. The van der Waals surface area contributed by atoms with Crippen molar-refractivity contribution in [3.63, 3.8) is 0 Å². The normalized spacial score (nSPS) is 18.2. The molecular formula is C4H2BiO4. The molecule has 0 atom stereocenters. The van der Waals surface area contributed by atoms with E-state index in [4.69, 9.17) is 0 Å². The Bertz CT molecular complexity index is 155. The summed E-state index contributed by atoms with van der Waals surface area (Å²) in [5.41, 5.74) is 0. The van der Waals surface area contributed by atoms with Crippen LogP contribution in [0.15, 0.2) is 12.2 Å². The summed E-state index contributed by atoms with van der Waals surface area (Å²) in [7, 11) is 0. The van der Waals surface area contributed by atoms with Crippen LogP contribution >= 0.6 is 0 Å². The molecule has 1 radical (unpaired) electrons. The molecule has 1 aliphatic rings. The third-order valence-corrected chi connectivity index (χ3v) is 2.59. The second-order valence-corrected chi connectivity index (χ2v) is 3.23. The van der Waals surface area contributed by atoms with Crippen LogP contribution in [0.1, 0.15) is 0 Å². The molecule has 0 bridgehead atoms. The van der Waals surface area contributed by atoms with Crippen LogP contribution in [-0.2, 0) is 15.2 Å². The van der Waals surface area contributed by atoms with Gasteiger partial charge in [-0.15, -0.1) is 0 Å². The average Bonchev–Trinajstić information content (AvgIpc) is 1.97. The molecule has 1 rings (SSSR count). The van der Waals surface area contributed by atoms with E-state index in [0.29, 0.717) is 0 Å².